The molecule has 4 rings (SSSR count). The van der Waals surface area contributed by atoms with Crippen molar-refractivity contribution in [2.24, 2.45) is 0 Å². The number of benzene rings is 2. The number of methoxy groups -OCH3 is 1. The zero-order valence-electron chi connectivity index (χ0n) is 17.2. The third-order valence-corrected chi connectivity index (χ3v) is 6.95. The Bertz CT molecular complexity index is 1010. The molecule has 0 radical (unpaired) electrons. The quantitative estimate of drug-likeness (QED) is 0.626. The lowest BCUT2D eigenvalue weighted by atomic mass is 10.2. The number of carbonyl (C=O) groups excluding carboxylic acids is 1. The van der Waals surface area contributed by atoms with Gasteiger partial charge in [0.2, 0.25) is 0 Å². The third kappa shape index (κ3) is 4.53. The summed E-state index contributed by atoms with van der Waals surface area (Å²) in [6.45, 7) is 7.23. The van der Waals surface area contributed by atoms with Gasteiger partial charge in [0, 0.05) is 44.8 Å². The number of anilines is 1. The van der Waals surface area contributed by atoms with Gasteiger partial charge in [-0.25, -0.2) is 4.98 Å². The summed E-state index contributed by atoms with van der Waals surface area (Å²) in [6, 6.07) is 11.2. The van der Waals surface area contributed by atoms with Gasteiger partial charge in [-0.2, -0.15) is 0 Å². The van der Waals surface area contributed by atoms with E-state index in [-0.39, 0.29) is 5.91 Å². The standard InChI is InChI=1S/C22H25ClN4O2S/c1-15-6-7-18(23)20-19(15)25-22(30-20)27-12-10-26(11-13-27)9-8-24-21(28)16-4-3-5-17(14-16)29-2/h3-7,14H,8-13H2,1-2H3,(H,24,28). The molecule has 2 aromatic carbocycles. The Balaban J connectivity index is 1.27. The highest BCUT2D eigenvalue weighted by Crippen LogP contribution is 2.35. The van der Waals surface area contributed by atoms with Crippen LogP contribution >= 0.6 is 22.9 Å². The van der Waals surface area contributed by atoms with Crippen LogP contribution in [-0.4, -0.2) is 62.2 Å². The Morgan fingerprint density at radius 2 is 2.03 bits per heavy atom. The van der Waals surface area contributed by atoms with E-state index in [0.717, 1.165) is 58.7 Å². The third-order valence-electron chi connectivity index (χ3n) is 5.37. The predicted molar refractivity (Wildman–Crippen MR) is 123 cm³/mol. The molecule has 0 unspecified atom stereocenters. The maximum Gasteiger partial charge on any atom is 0.251 e. The first-order valence-corrected chi connectivity index (χ1v) is 11.2. The van der Waals surface area contributed by atoms with Gasteiger partial charge in [-0.15, -0.1) is 0 Å². The van der Waals surface area contributed by atoms with Gasteiger partial charge in [0.15, 0.2) is 5.13 Å². The van der Waals surface area contributed by atoms with E-state index in [4.69, 9.17) is 21.3 Å². The van der Waals surface area contributed by atoms with Gasteiger partial charge < -0.3 is 15.0 Å². The summed E-state index contributed by atoms with van der Waals surface area (Å²) in [5, 5.41) is 4.80. The molecule has 1 amide bonds. The number of aromatic nitrogens is 1. The maximum absolute atomic E-state index is 12.3. The van der Waals surface area contributed by atoms with Crippen molar-refractivity contribution in [3.63, 3.8) is 0 Å². The van der Waals surface area contributed by atoms with Crippen LogP contribution in [0.2, 0.25) is 5.02 Å². The van der Waals surface area contributed by atoms with Gasteiger partial charge >= 0.3 is 0 Å². The van der Waals surface area contributed by atoms with Crippen molar-refractivity contribution in [3.8, 4) is 5.75 Å². The SMILES string of the molecule is COc1cccc(C(=O)NCCN2CCN(c3nc4c(C)ccc(Cl)c4s3)CC2)c1. The lowest BCUT2D eigenvalue weighted by molar-refractivity contribution is 0.0947. The Kier molecular flexibility index (Phi) is 6.41. The highest BCUT2D eigenvalue weighted by Gasteiger charge is 2.21. The normalized spacial score (nSPS) is 14.8. The Hall–Kier alpha value is -2.35. The molecule has 1 aromatic heterocycles. The zero-order chi connectivity index (χ0) is 21.1. The number of fused-ring (bicyclic) bond motifs is 1. The molecule has 1 saturated heterocycles. The molecule has 0 bridgehead atoms. The van der Waals surface area contributed by atoms with Gasteiger partial charge in [-0.05, 0) is 36.8 Å². The molecule has 0 saturated carbocycles. The maximum atomic E-state index is 12.3. The number of hydrogen-bond acceptors (Lipinski definition) is 6. The first kappa shape index (κ1) is 20.9. The highest BCUT2D eigenvalue weighted by molar-refractivity contribution is 7.22. The molecule has 1 fully saturated rings. The number of thiazole rings is 1. The van der Waals surface area contributed by atoms with Crippen molar-refractivity contribution < 1.29 is 9.53 Å². The zero-order valence-corrected chi connectivity index (χ0v) is 18.7. The fourth-order valence-corrected chi connectivity index (χ4v) is 4.95. The molecular weight excluding hydrogens is 420 g/mol. The average Bonchev–Trinajstić information content (AvgIpc) is 3.24. The number of halogens is 1. The monoisotopic (exact) mass is 444 g/mol. The second-order valence-corrected chi connectivity index (χ2v) is 8.74. The van der Waals surface area contributed by atoms with Crippen LogP contribution in [0.25, 0.3) is 10.2 Å². The number of nitrogens with one attached hydrogen (secondary N) is 1. The van der Waals surface area contributed by atoms with E-state index in [0.29, 0.717) is 17.9 Å². The predicted octanol–water partition coefficient (Wildman–Crippen LogP) is 3.82. The van der Waals surface area contributed by atoms with Crippen LogP contribution in [0.3, 0.4) is 0 Å². The van der Waals surface area contributed by atoms with Crippen LogP contribution in [0.4, 0.5) is 5.13 Å². The summed E-state index contributed by atoms with van der Waals surface area (Å²) in [6.07, 6.45) is 0. The van der Waals surface area contributed by atoms with Gasteiger partial charge in [-0.1, -0.05) is 35.1 Å². The lowest BCUT2D eigenvalue weighted by Gasteiger charge is -2.34. The first-order valence-electron chi connectivity index (χ1n) is 10.0. The molecule has 8 heteroatoms. The molecule has 1 aliphatic rings. The number of amides is 1. The van der Waals surface area contributed by atoms with Crippen molar-refractivity contribution >= 4 is 44.2 Å². The van der Waals surface area contributed by atoms with Crippen molar-refractivity contribution in [1.29, 1.82) is 0 Å². The fraction of sp³-hybridized carbons (Fsp3) is 0.364. The minimum atomic E-state index is -0.0748. The fourth-order valence-electron chi connectivity index (χ4n) is 3.58. The largest absolute Gasteiger partial charge is 0.497 e. The van der Waals surface area contributed by atoms with Gasteiger partial charge in [0.25, 0.3) is 5.91 Å². The number of nitrogens with zero attached hydrogens (tertiary/aromatic N) is 3. The van der Waals surface area contributed by atoms with Crippen LogP contribution < -0.4 is 15.0 Å². The van der Waals surface area contributed by atoms with Gasteiger partial charge in [-0.3, -0.25) is 9.69 Å². The number of hydrogen-bond donors (Lipinski definition) is 1. The van der Waals surface area contributed by atoms with Crippen LogP contribution in [0, 0.1) is 6.92 Å². The number of piperazine rings is 1. The van der Waals surface area contributed by atoms with Gasteiger partial charge in [0.1, 0.15) is 5.75 Å². The molecule has 158 valence electrons. The highest BCUT2D eigenvalue weighted by atomic mass is 35.5. The minimum Gasteiger partial charge on any atom is -0.497 e. The Labute approximate surface area is 185 Å². The summed E-state index contributed by atoms with van der Waals surface area (Å²) < 4.78 is 6.24. The molecule has 6 nitrogen and oxygen atoms in total. The molecule has 0 aliphatic carbocycles. The topological polar surface area (TPSA) is 57.7 Å². The molecule has 0 spiro atoms. The number of ether oxygens (including phenoxy) is 1. The van der Waals surface area contributed by atoms with Crippen molar-refractivity contribution in [2.75, 3.05) is 51.3 Å². The molecule has 0 atom stereocenters. The summed E-state index contributed by atoms with van der Waals surface area (Å²) in [7, 11) is 1.60. The minimum absolute atomic E-state index is 0.0748. The molecule has 2 heterocycles. The van der Waals surface area contributed by atoms with Crippen LogP contribution in [0.15, 0.2) is 36.4 Å². The van der Waals surface area contributed by atoms with E-state index in [1.807, 2.05) is 24.3 Å². The van der Waals surface area contributed by atoms with E-state index in [2.05, 4.69) is 22.0 Å². The lowest BCUT2D eigenvalue weighted by Crippen LogP contribution is -2.48. The number of rotatable bonds is 6. The van der Waals surface area contributed by atoms with Crippen LogP contribution in [0.1, 0.15) is 15.9 Å². The van der Waals surface area contributed by atoms with E-state index < -0.39 is 0 Å². The van der Waals surface area contributed by atoms with Crippen molar-refractivity contribution in [3.05, 3.63) is 52.5 Å². The van der Waals surface area contributed by atoms with E-state index >= 15 is 0 Å². The molecule has 3 aromatic rings. The summed E-state index contributed by atoms with van der Waals surface area (Å²) >= 11 is 8.02. The number of aryl methyl sites for hydroxylation is 1. The first-order chi connectivity index (χ1) is 14.5. The second-order valence-electron chi connectivity index (χ2n) is 7.35. The summed E-state index contributed by atoms with van der Waals surface area (Å²) in [5.74, 6) is 0.611. The van der Waals surface area contributed by atoms with Gasteiger partial charge in [0.05, 0.1) is 22.3 Å². The number of carbonyl (C=O) groups is 1. The second kappa shape index (κ2) is 9.20. The average molecular weight is 445 g/mol. The Morgan fingerprint density at radius 1 is 1.23 bits per heavy atom. The van der Waals surface area contributed by atoms with Crippen LogP contribution in [0.5, 0.6) is 5.75 Å². The smallest absolute Gasteiger partial charge is 0.251 e. The Morgan fingerprint density at radius 3 is 2.77 bits per heavy atom. The van der Waals surface area contributed by atoms with Crippen molar-refractivity contribution in [2.45, 2.75) is 6.92 Å². The molecule has 1 N–H and O–H groups in total. The molecular formula is C22H25ClN4O2S. The summed E-state index contributed by atoms with van der Waals surface area (Å²) in [5.41, 5.74) is 2.77. The van der Waals surface area contributed by atoms with E-state index in [1.54, 1.807) is 30.6 Å². The molecule has 1 aliphatic heterocycles. The summed E-state index contributed by atoms with van der Waals surface area (Å²) in [4.78, 5) is 21.8. The van der Waals surface area contributed by atoms with Crippen molar-refractivity contribution in [1.82, 2.24) is 15.2 Å². The molecule has 30 heavy (non-hydrogen) atoms. The van der Waals surface area contributed by atoms with E-state index in [1.165, 1.54) is 0 Å². The van der Waals surface area contributed by atoms with Crippen LogP contribution in [-0.2, 0) is 0 Å². The van der Waals surface area contributed by atoms with E-state index in [9.17, 15) is 4.79 Å².